The number of alkyl halides is 6. The smallest absolute Gasteiger partial charge is 0.308 e. The van der Waals surface area contributed by atoms with Crippen molar-refractivity contribution in [3.05, 3.63) is 142 Å². The summed E-state index contributed by atoms with van der Waals surface area (Å²) in [5.41, 5.74) is 3.32. The molecule has 0 fully saturated rings. The zero-order valence-electron chi connectivity index (χ0n) is 38.4. The average molecular weight is 870 g/mol. The molecule has 0 radical (unpaired) electrons. The van der Waals surface area contributed by atoms with Crippen LogP contribution in [0.5, 0.6) is 0 Å². The Labute approximate surface area is 370 Å². The topological polar surface area (TPSA) is 33.6 Å². The van der Waals surface area contributed by atoms with E-state index < -0.39 is 29.0 Å². The van der Waals surface area contributed by atoms with E-state index in [1.807, 2.05) is 9.13 Å². The summed E-state index contributed by atoms with van der Waals surface area (Å²) in [5.74, 6) is 0. The zero-order valence-corrected chi connectivity index (χ0v) is 38.4. The van der Waals surface area contributed by atoms with Gasteiger partial charge >= 0.3 is 12.4 Å². The van der Waals surface area contributed by atoms with Crippen LogP contribution in [0.1, 0.15) is 122 Å². The van der Waals surface area contributed by atoms with E-state index in [0.717, 1.165) is 71.9 Å². The number of nitriles is 1. The lowest BCUT2D eigenvalue weighted by molar-refractivity contribution is -0.142. The summed E-state index contributed by atoms with van der Waals surface area (Å²) in [6.07, 6.45) is -10.2. The van der Waals surface area contributed by atoms with Gasteiger partial charge in [-0.1, -0.05) is 138 Å². The van der Waals surface area contributed by atoms with Crippen LogP contribution in [0.4, 0.5) is 26.3 Å². The van der Waals surface area contributed by atoms with Gasteiger partial charge < -0.3 is 9.13 Å². The molecule has 2 heterocycles. The van der Waals surface area contributed by atoms with Gasteiger partial charge in [0.25, 0.3) is 0 Å². The molecule has 6 aromatic carbocycles. The predicted molar refractivity (Wildman–Crippen MR) is 250 cm³/mol. The SMILES string of the molecule is CC(C)(C)c1ccc2c3ccc(C(C)(C)C)cc3n(-c3cc(-c4ccc(C(F)(F)F)cc4C(F)(F)F)cc(-n4c5cc(C(C)(C)C)ccc5c5ccc(C(C)(C)C)cc54)c3C#N)c2c1. The van der Waals surface area contributed by atoms with Gasteiger partial charge in [0, 0.05) is 21.5 Å². The van der Waals surface area contributed by atoms with Gasteiger partial charge in [-0.25, -0.2) is 0 Å². The maximum Gasteiger partial charge on any atom is 0.417 e. The molecular formula is C55H53F6N3. The molecular weight excluding hydrogens is 817 g/mol. The lowest BCUT2D eigenvalue weighted by Gasteiger charge is -2.23. The fraction of sp³-hybridized carbons (Fsp3) is 0.327. The summed E-state index contributed by atoms with van der Waals surface area (Å²) in [6.45, 7) is 25.2. The van der Waals surface area contributed by atoms with Gasteiger partial charge in [-0.05, 0) is 104 Å². The predicted octanol–water partition coefficient (Wildman–Crippen LogP) is 16.6. The highest BCUT2D eigenvalue weighted by Gasteiger charge is 2.39. The van der Waals surface area contributed by atoms with Crippen molar-refractivity contribution in [1.82, 2.24) is 9.13 Å². The van der Waals surface area contributed by atoms with Gasteiger partial charge in [-0.15, -0.1) is 0 Å². The molecule has 8 rings (SSSR count). The van der Waals surface area contributed by atoms with Gasteiger partial charge in [0.05, 0.1) is 44.6 Å². The Morgan fingerprint density at radius 3 is 0.969 bits per heavy atom. The lowest BCUT2D eigenvalue weighted by atomic mass is 9.86. The molecule has 0 bridgehead atoms. The second kappa shape index (κ2) is 14.5. The van der Waals surface area contributed by atoms with Crippen LogP contribution in [0.3, 0.4) is 0 Å². The second-order valence-electron chi connectivity index (χ2n) is 21.4. The van der Waals surface area contributed by atoms with E-state index in [-0.39, 0.29) is 38.9 Å². The van der Waals surface area contributed by atoms with E-state index >= 15 is 13.2 Å². The number of rotatable bonds is 3. The maximum absolute atomic E-state index is 15.2. The minimum Gasteiger partial charge on any atom is -0.308 e. The highest BCUT2D eigenvalue weighted by atomic mass is 19.4. The van der Waals surface area contributed by atoms with Gasteiger partial charge in [0.1, 0.15) is 11.6 Å². The summed E-state index contributed by atoms with van der Waals surface area (Å²) in [6, 6.07) is 32.2. The summed E-state index contributed by atoms with van der Waals surface area (Å²) >= 11 is 0. The number of hydrogen-bond acceptors (Lipinski definition) is 1. The number of hydrogen-bond donors (Lipinski definition) is 0. The van der Waals surface area contributed by atoms with Crippen LogP contribution in [-0.2, 0) is 34.0 Å². The normalized spacial score (nSPS) is 13.5. The van der Waals surface area contributed by atoms with Crippen molar-refractivity contribution in [1.29, 1.82) is 5.26 Å². The second-order valence-corrected chi connectivity index (χ2v) is 21.4. The number of halogens is 6. The maximum atomic E-state index is 15.2. The van der Waals surface area contributed by atoms with Crippen LogP contribution in [0, 0.1) is 11.3 Å². The summed E-state index contributed by atoms with van der Waals surface area (Å²) < 4.78 is 92.0. The first kappa shape index (κ1) is 44.6. The van der Waals surface area contributed by atoms with Crippen LogP contribution < -0.4 is 0 Å². The highest BCUT2D eigenvalue weighted by molar-refractivity contribution is 6.12. The van der Waals surface area contributed by atoms with Crippen molar-refractivity contribution in [2.24, 2.45) is 0 Å². The Bertz CT molecular complexity index is 2910. The molecule has 3 nitrogen and oxygen atoms in total. The van der Waals surface area contributed by atoms with E-state index in [2.05, 4.69) is 162 Å². The lowest BCUT2D eigenvalue weighted by Crippen LogP contribution is -2.13. The Morgan fingerprint density at radius 2 is 0.703 bits per heavy atom. The van der Waals surface area contributed by atoms with Crippen molar-refractivity contribution in [2.75, 3.05) is 0 Å². The first-order valence-corrected chi connectivity index (χ1v) is 21.5. The van der Waals surface area contributed by atoms with E-state index in [0.29, 0.717) is 17.4 Å². The van der Waals surface area contributed by atoms with Crippen molar-refractivity contribution < 1.29 is 26.3 Å². The Balaban J connectivity index is 1.64. The Kier molecular flexibility index (Phi) is 10.1. The molecule has 0 unspecified atom stereocenters. The van der Waals surface area contributed by atoms with Gasteiger partial charge in [-0.2, -0.15) is 31.6 Å². The van der Waals surface area contributed by atoms with E-state index in [1.165, 1.54) is 0 Å². The summed E-state index contributed by atoms with van der Waals surface area (Å²) in [7, 11) is 0. The molecule has 0 spiro atoms. The fourth-order valence-electron chi connectivity index (χ4n) is 8.86. The molecule has 330 valence electrons. The van der Waals surface area contributed by atoms with Crippen molar-refractivity contribution >= 4 is 43.6 Å². The van der Waals surface area contributed by atoms with Crippen molar-refractivity contribution in [2.45, 2.75) is 117 Å². The van der Waals surface area contributed by atoms with E-state index in [4.69, 9.17) is 0 Å². The molecule has 0 saturated carbocycles. The van der Waals surface area contributed by atoms with Crippen LogP contribution >= 0.6 is 0 Å². The van der Waals surface area contributed by atoms with Gasteiger partial charge in [0.15, 0.2) is 0 Å². The van der Waals surface area contributed by atoms with Crippen LogP contribution in [0.15, 0.2) is 103 Å². The minimum atomic E-state index is -5.16. The number of benzene rings is 6. The third-order valence-electron chi connectivity index (χ3n) is 12.7. The zero-order chi connectivity index (χ0) is 46.9. The molecule has 0 N–H and O–H groups in total. The number of aromatic nitrogens is 2. The Hall–Kier alpha value is -6.01. The molecule has 64 heavy (non-hydrogen) atoms. The van der Waals surface area contributed by atoms with Crippen molar-refractivity contribution in [3.63, 3.8) is 0 Å². The summed E-state index contributed by atoms with van der Waals surface area (Å²) in [5, 5.41) is 15.1. The van der Waals surface area contributed by atoms with Crippen molar-refractivity contribution in [3.8, 4) is 28.6 Å². The first-order chi connectivity index (χ1) is 29.5. The van der Waals surface area contributed by atoms with Crippen LogP contribution in [-0.4, -0.2) is 9.13 Å². The molecule has 0 aliphatic carbocycles. The molecule has 8 aromatic rings. The fourth-order valence-corrected chi connectivity index (χ4v) is 8.86. The van der Waals surface area contributed by atoms with Crippen LogP contribution in [0.2, 0.25) is 0 Å². The summed E-state index contributed by atoms with van der Waals surface area (Å²) in [4.78, 5) is 0. The molecule has 0 aliphatic heterocycles. The van der Waals surface area contributed by atoms with Gasteiger partial charge in [-0.3, -0.25) is 0 Å². The monoisotopic (exact) mass is 869 g/mol. The quantitative estimate of drug-likeness (QED) is 0.163. The highest BCUT2D eigenvalue weighted by Crippen LogP contribution is 2.46. The van der Waals surface area contributed by atoms with E-state index in [1.54, 1.807) is 12.1 Å². The third-order valence-corrected chi connectivity index (χ3v) is 12.7. The molecule has 0 atom stereocenters. The number of nitrogens with zero attached hydrogens (tertiary/aromatic N) is 3. The minimum absolute atomic E-state index is 0.00736. The van der Waals surface area contributed by atoms with E-state index in [9.17, 15) is 18.4 Å². The standard InChI is InChI=1S/C55H53F6N3/c1-50(2,3)32-13-19-38-39-20-14-33(51(4,5)6)27-47(39)63(46(38)26-32)44-23-31(37-18-17-36(54(56,57)58)25-43(37)55(59,60)61)24-45(42(44)30-62)64-48-28-34(52(7,8)9)15-21-40(48)41-22-16-35(29-49(41)64)53(10,11)12/h13-29H,1-12H3. The van der Waals surface area contributed by atoms with Crippen LogP contribution in [0.25, 0.3) is 66.1 Å². The molecule has 0 saturated heterocycles. The molecule has 0 aliphatic rings. The first-order valence-electron chi connectivity index (χ1n) is 21.5. The largest absolute Gasteiger partial charge is 0.417 e. The molecule has 9 heteroatoms. The van der Waals surface area contributed by atoms with Gasteiger partial charge in [0.2, 0.25) is 0 Å². The Morgan fingerprint density at radius 1 is 0.391 bits per heavy atom. The molecule has 2 aromatic heterocycles. The third kappa shape index (κ3) is 7.63. The number of fused-ring (bicyclic) bond motifs is 6. The molecule has 0 amide bonds. The average Bonchev–Trinajstić information content (AvgIpc) is 3.69.